The highest BCUT2D eigenvalue weighted by molar-refractivity contribution is 7.91. The predicted molar refractivity (Wildman–Crippen MR) is 93.1 cm³/mol. The number of hydrogen-bond donors (Lipinski definition) is 1. The molecule has 0 aliphatic carbocycles. The molecule has 1 aliphatic heterocycles. The number of thiophene rings is 1. The summed E-state index contributed by atoms with van der Waals surface area (Å²) in [6.45, 7) is 1.70. The van der Waals surface area contributed by atoms with Gasteiger partial charge in [0.25, 0.3) is 15.9 Å². The van der Waals surface area contributed by atoms with Crippen LogP contribution < -0.4 is 0 Å². The summed E-state index contributed by atoms with van der Waals surface area (Å²) in [6.07, 6.45) is 0.199. The Kier molecular flexibility index (Phi) is 3.89. The fraction of sp³-hybridized carbons (Fsp3) is 0.333. The lowest BCUT2D eigenvalue weighted by Gasteiger charge is -2.18. The Morgan fingerprint density at radius 3 is 2.92 bits per heavy atom. The second-order valence-electron chi connectivity index (χ2n) is 6.01. The van der Waals surface area contributed by atoms with Gasteiger partial charge >= 0.3 is 0 Å². The van der Waals surface area contributed by atoms with Crippen LogP contribution in [-0.2, 0) is 15.6 Å². The highest BCUT2D eigenvalue weighted by Crippen LogP contribution is 2.37. The molecular formula is C15H14ClN3O4S2. The van der Waals surface area contributed by atoms with Gasteiger partial charge < -0.3 is 9.63 Å². The van der Waals surface area contributed by atoms with E-state index in [1.54, 1.807) is 31.2 Å². The van der Waals surface area contributed by atoms with Gasteiger partial charge in [-0.1, -0.05) is 16.8 Å². The van der Waals surface area contributed by atoms with Crippen molar-refractivity contribution in [3.63, 3.8) is 0 Å². The van der Waals surface area contributed by atoms with Crippen LogP contribution in [0.3, 0.4) is 0 Å². The largest absolute Gasteiger partial charge is 0.379 e. The van der Waals surface area contributed by atoms with Crippen molar-refractivity contribution in [2.24, 2.45) is 0 Å². The Morgan fingerprint density at radius 1 is 1.40 bits per heavy atom. The Hall–Kier alpha value is -1.52. The van der Waals surface area contributed by atoms with Crippen LogP contribution in [0.2, 0.25) is 5.02 Å². The Bertz CT molecular complexity index is 1060. The standard InChI is InChI=1S/C15H14ClN3O4S2/c1-9-17-14(23-18-9)15(20)4-5-19(8-15)25(21,22)13-7-10-6-11(16)2-3-12(10)24-13/h2-3,6-7,20H,4-5,8H2,1H3. The smallest absolute Gasteiger partial charge is 0.260 e. The van der Waals surface area contributed by atoms with Crippen molar-refractivity contribution >= 4 is 43.0 Å². The van der Waals surface area contributed by atoms with Gasteiger partial charge in [0.2, 0.25) is 0 Å². The van der Waals surface area contributed by atoms with Crippen LogP contribution in [-0.4, -0.2) is 41.1 Å². The molecule has 1 fully saturated rings. The van der Waals surface area contributed by atoms with E-state index in [4.69, 9.17) is 16.1 Å². The minimum atomic E-state index is -3.73. The lowest BCUT2D eigenvalue weighted by molar-refractivity contribution is 0.0194. The Morgan fingerprint density at radius 2 is 2.20 bits per heavy atom. The fourth-order valence-electron chi connectivity index (χ4n) is 2.87. The summed E-state index contributed by atoms with van der Waals surface area (Å²) >= 11 is 7.14. The summed E-state index contributed by atoms with van der Waals surface area (Å²) in [7, 11) is -3.73. The van der Waals surface area contributed by atoms with Crippen LogP contribution in [0.5, 0.6) is 0 Å². The van der Waals surface area contributed by atoms with Gasteiger partial charge in [-0.25, -0.2) is 8.42 Å². The van der Waals surface area contributed by atoms with Gasteiger partial charge in [-0.15, -0.1) is 11.3 Å². The zero-order valence-electron chi connectivity index (χ0n) is 13.1. The van der Waals surface area contributed by atoms with Gasteiger partial charge in [-0.3, -0.25) is 0 Å². The molecule has 1 N–H and O–H groups in total. The zero-order chi connectivity index (χ0) is 17.8. The van der Waals surface area contributed by atoms with Gasteiger partial charge in [0.15, 0.2) is 11.4 Å². The van der Waals surface area contributed by atoms with E-state index >= 15 is 0 Å². The van der Waals surface area contributed by atoms with Crippen molar-refractivity contribution in [3.8, 4) is 0 Å². The number of sulfonamides is 1. The highest BCUT2D eigenvalue weighted by atomic mass is 35.5. The maximum Gasteiger partial charge on any atom is 0.260 e. The average Bonchev–Trinajstić information content (AvgIpc) is 3.25. The molecule has 7 nitrogen and oxygen atoms in total. The first-order chi connectivity index (χ1) is 11.8. The summed E-state index contributed by atoms with van der Waals surface area (Å²) in [4.78, 5) is 4.04. The molecular weight excluding hydrogens is 386 g/mol. The molecule has 2 aromatic heterocycles. The molecule has 0 spiro atoms. The lowest BCUT2D eigenvalue weighted by atomic mass is 10.0. The normalized spacial score (nSPS) is 22.0. The van der Waals surface area contributed by atoms with Crippen molar-refractivity contribution in [3.05, 3.63) is 41.0 Å². The van der Waals surface area contributed by atoms with Crippen LogP contribution in [0.1, 0.15) is 18.1 Å². The number of fused-ring (bicyclic) bond motifs is 1. The summed E-state index contributed by atoms with van der Waals surface area (Å²) in [6, 6.07) is 6.86. The number of aromatic nitrogens is 2. The number of nitrogens with zero attached hydrogens (tertiary/aromatic N) is 3. The molecule has 0 radical (unpaired) electrons. The molecule has 4 rings (SSSR count). The monoisotopic (exact) mass is 399 g/mol. The molecule has 0 amide bonds. The van der Waals surface area contributed by atoms with E-state index in [0.717, 1.165) is 10.1 Å². The van der Waals surface area contributed by atoms with Gasteiger partial charge in [-0.2, -0.15) is 9.29 Å². The number of aryl methyl sites for hydroxylation is 1. The molecule has 10 heteroatoms. The maximum absolute atomic E-state index is 12.9. The van der Waals surface area contributed by atoms with Crippen LogP contribution in [0, 0.1) is 6.92 Å². The van der Waals surface area contributed by atoms with Crippen molar-refractivity contribution < 1.29 is 18.0 Å². The molecule has 25 heavy (non-hydrogen) atoms. The molecule has 0 bridgehead atoms. The minimum Gasteiger partial charge on any atom is -0.379 e. The van der Waals surface area contributed by atoms with E-state index in [2.05, 4.69) is 10.1 Å². The van der Waals surface area contributed by atoms with Crippen LogP contribution >= 0.6 is 22.9 Å². The third kappa shape index (κ3) is 2.85. The van der Waals surface area contributed by atoms with E-state index < -0.39 is 15.6 Å². The first kappa shape index (κ1) is 16.9. The summed E-state index contributed by atoms with van der Waals surface area (Å²) in [5.74, 6) is 0.442. The van der Waals surface area contributed by atoms with Crippen LogP contribution in [0.25, 0.3) is 10.1 Å². The topological polar surface area (TPSA) is 96.5 Å². The molecule has 3 heterocycles. The number of β-amino-alcohol motifs (C(OH)–C–C–N with tert-alkyl or cyclic N) is 1. The van der Waals surface area contributed by atoms with Crippen molar-refractivity contribution in [2.45, 2.75) is 23.2 Å². The summed E-state index contributed by atoms with van der Waals surface area (Å²) < 4.78 is 33.2. The molecule has 1 saturated heterocycles. The quantitative estimate of drug-likeness (QED) is 0.726. The van der Waals surface area contributed by atoms with E-state index in [1.807, 2.05) is 0 Å². The second kappa shape index (κ2) is 5.75. The molecule has 1 aromatic carbocycles. The Balaban J connectivity index is 1.66. The third-order valence-electron chi connectivity index (χ3n) is 4.19. The van der Waals surface area contributed by atoms with E-state index in [-0.39, 0.29) is 29.6 Å². The summed E-state index contributed by atoms with van der Waals surface area (Å²) in [5.41, 5.74) is -1.46. The van der Waals surface area contributed by atoms with Gasteiger partial charge in [0.1, 0.15) is 4.21 Å². The first-order valence-corrected chi connectivity index (χ1v) is 10.1. The fourth-order valence-corrected chi connectivity index (χ4v) is 6.08. The van der Waals surface area contributed by atoms with E-state index in [0.29, 0.717) is 10.8 Å². The molecule has 1 unspecified atom stereocenters. The third-order valence-corrected chi connectivity index (χ3v) is 7.83. The maximum atomic E-state index is 12.9. The highest BCUT2D eigenvalue weighted by Gasteiger charge is 2.47. The number of halogens is 1. The molecule has 1 atom stereocenters. The average molecular weight is 400 g/mol. The number of rotatable bonds is 3. The van der Waals surface area contributed by atoms with Crippen molar-refractivity contribution in [1.82, 2.24) is 14.4 Å². The lowest BCUT2D eigenvalue weighted by Crippen LogP contribution is -2.34. The minimum absolute atomic E-state index is 0.0471. The van der Waals surface area contributed by atoms with E-state index in [1.165, 1.54) is 15.6 Å². The second-order valence-corrected chi connectivity index (χ2v) is 9.70. The van der Waals surface area contributed by atoms with Gasteiger partial charge in [0.05, 0.1) is 6.54 Å². The summed E-state index contributed by atoms with van der Waals surface area (Å²) in [5, 5.41) is 15.7. The number of benzene rings is 1. The van der Waals surface area contributed by atoms with Gasteiger partial charge in [0, 0.05) is 22.7 Å². The Labute approximate surface area is 152 Å². The molecule has 1 aliphatic rings. The molecule has 0 saturated carbocycles. The van der Waals surface area contributed by atoms with Crippen molar-refractivity contribution in [2.75, 3.05) is 13.1 Å². The zero-order valence-corrected chi connectivity index (χ0v) is 15.5. The van der Waals surface area contributed by atoms with Crippen LogP contribution in [0.15, 0.2) is 33.0 Å². The van der Waals surface area contributed by atoms with Gasteiger partial charge in [-0.05, 0) is 36.6 Å². The first-order valence-electron chi connectivity index (χ1n) is 7.50. The number of hydrogen-bond acceptors (Lipinski definition) is 7. The van der Waals surface area contributed by atoms with Crippen LogP contribution in [0.4, 0.5) is 0 Å². The van der Waals surface area contributed by atoms with Crippen molar-refractivity contribution in [1.29, 1.82) is 0 Å². The molecule has 132 valence electrons. The predicted octanol–water partition coefficient (Wildman–Crippen LogP) is 2.53. The SMILES string of the molecule is Cc1noc(C2(O)CCN(S(=O)(=O)c3cc4cc(Cl)ccc4s3)C2)n1. The number of aliphatic hydroxyl groups is 1. The molecule has 3 aromatic rings. The van der Waals surface area contributed by atoms with E-state index in [9.17, 15) is 13.5 Å².